The van der Waals surface area contributed by atoms with Crippen LogP contribution in [0.1, 0.15) is 10.6 Å². The van der Waals surface area contributed by atoms with Gasteiger partial charge < -0.3 is 0 Å². The lowest BCUT2D eigenvalue weighted by atomic mass is 10.2. The smallest absolute Gasteiger partial charge is 0.134 e. The van der Waals surface area contributed by atoms with Crippen molar-refractivity contribution in [2.24, 2.45) is 0 Å². The lowest BCUT2D eigenvalue weighted by molar-refractivity contribution is 1.37. The molecule has 0 N–H and O–H groups in total. The molecule has 3 aromatic rings. The van der Waals surface area contributed by atoms with Crippen molar-refractivity contribution in [1.29, 1.82) is 5.26 Å². The molecule has 0 unspecified atom stereocenters. The van der Waals surface area contributed by atoms with E-state index >= 15 is 0 Å². The Morgan fingerprint density at radius 3 is 2.38 bits per heavy atom. The molecule has 0 aliphatic carbocycles. The summed E-state index contributed by atoms with van der Waals surface area (Å²) in [5.74, 6) is 0. The Balaban J connectivity index is 1.88. The van der Waals surface area contributed by atoms with Gasteiger partial charge in [0.25, 0.3) is 0 Å². The summed E-state index contributed by atoms with van der Waals surface area (Å²) in [6, 6.07) is 22.2. The molecule has 1 aromatic heterocycles. The van der Waals surface area contributed by atoms with Crippen LogP contribution in [0.5, 0.6) is 0 Å². The highest BCUT2D eigenvalue weighted by atomic mass is 79.9. The standard InChI is InChI=1S/C20H13BrN2S/c21-18(11-15-7-3-1-4-8-15)12-17(13-22)20-23-19(14-24-20)16-9-5-2-6-10-16/h1-12,14H. The molecule has 4 heteroatoms. The van der Waals surface area contributed by atoms with Gasteiger partial charge in [-0.1, -0.05) is 76.6 Å². The second-order valence-electron chi connectivity index (χ2n) is 5.01. The second kappa shape index (κ2) is 7.87. The van der Waals surface area contributed by atoms with Crippen LogP contribution in [0.25, 0.3) is 22.9 Å². The summed E-state index contributed by atoms with van der Waals surface area (Å²) in [4.78, 5) is 4.59. The van der Waals surface area contributed by atoms with Crippen molar-refractivity contribution in [3.63, 3.8) is 0 Å². The monoisotopic (exact) mass is 392 g/mol. The van der Waals surface area contributed by atoms with E-state index < -0.39 is 0 Å². The Morgan fingerprint density at radius 2 is 1.71 bits per heavy atom. The van der Waals surface area contributed by atoms with Crippen molar-refractivity contribution in [2.75, 3.05) is 0 Å². The number of rotatable bonds is 4. The van der Waals surface area contributed by atoms with Crippen LogP contribution in [-0.4, -0.2) is 4.98 Å². The van der Waals surface area contributed by atoms with E-state index in [9.17, 15) is 5.26 Å². The Morgan fingerprint density at radius 1 is 1.04 bits per heavy atom. The zero-order chi connectivity index (χ0) is 16.8. The van der Waals surface area contributed by atoms with Crippen LogP contribution in [0.4, 0.5) is 0 Å². The predicted octanol–water partition coefficient (Wildman–Crippen LogP) is 6.15. The summed E-state index contributed by atoms with van der Waals surface area (Å²) in [6.07, 6.45) is 3.78. The molecule has 0 amide bonds. The summed E-state index contributed by atoms with van der Waals surface area (Å²) in [6.45, 7) is 0. The first-order valence-electron chi connectivity index (χ1n) is 7.31. The molecule has 0 aliphatic rings. The van der Waals surface area contributed by atoms with Gasteiger partial charge in [-0.2, -0.15) is 5.26 Å². The first kappa shape index (κ1) is 16.4. The van der Waals surface area contributed by atoms with Gasteiger partial charge in [0.1, 0.15) is 11.1 Å². The number of benzene rings is 2. The Hall–Kier alpha value is -2.48. The average Bonchev–Trinajstić information content (AvgIpc) is 3.11. The molecule has 0 bridgehead atoms. The molecule has 0 saturated heterocycles. The SMILES string of the molecule is N#CC(=CC(Br)=Cc1ccccc1)c1nc(-c2ccccc2)cs1. The quantitative estimate of drug-likeness (QED) is 0.394. The predicted molar refractivity (Wildman–Crippen MR) is 104 cm³/mol. The fourth-order valence-electron chi connectivity index (χ4n) is 2.17. The van der Waals surface area contributed by atoms with Gasteiger partial charge in [-0.3, -0.25) is 0 Å². The molecule has 3 rings (SSSR count). The van der Waals surface area contributed by atoms with Gasteiger partial charge in [-0.25, -0.2) is 4.98 Å². The van der Waals surface area contributed by atoms with Gasteiger partial charge in [0.05, 0.1) is 11.3 Å². The molecule has 0 atom stereocenters. The number of nitrogens with zero attached hydrogens (tertiary/aromatic N) is 2. The third-order valence-electron chi connectivity index (χ3n) is 3.31. The fourth-order valence-corrected chi connectivity index (χ4v) is 3.46. The van der Waals surface area contributed by atoms with Crippen molar-refractivity contribution in [3.8, 4) is 17.3 Å². The topological polar surface area (TPSA) is 36.7 Å². The highest BCUT2D eigenvalue weighted by molar-refractivity contribution is 9.12. The highest BCUT2D eigenvalue weighted by Crippen LogP contribution is 2.27. The van der Waals surface area contributed by atoms with E-state index in [1.54, 1.807) is 6.08 Å². The van der Waals surface area contributed by atoms with Crippen LogP contribution in [0.15, 0.2) is 76.6 Å². The third-order valence-corrected chi connectivity index (χ3v) is 4.64. The Bertz CT molecular complexity index is 919. The number of hydrogen-bond donors (Lipinski definition) is 0. The van der Waals surface area contributed by atoms with Crippen LogP contribution in [0, 0.1) is 11.3 Å². The van der Waals surface area contributed by atoms with Crippen LogP contribution in [0.3, 0.4) is 0 Å². The number of nitriles is 1. The minimum Gasteiger partial charge on any atom is -0.235 e. The maximum atomic E-state index is 9.47. The van der Waals surface area contributed by atoms with Gasteiger partial charge in [0.2, 0.25) is 0 Å². The van der Waals surface area contributed by atoms with Crippen LogP contribution >= 0.6 is 27.3 Å². The molecule has 2 nitrogen and oxygen atoms in total. The third kappa shape index (κ3) is 4.08. The normalized spacial score (nSPS) is 12.0. The van der Waals surface area contributed by atoms with Gasteiger partial charge in [-0.05, 0) is 17.7 Å². The summed E-state index contributed by atoms with van der Waals surface area (Å²) in [5.41, 5.74) is 3.55. The van der Waals surface area contributed by atoms with E-state index in [-0.39, 0.29) is 0 Å². The van der Waals surface area contributed by atoms with Crippen molar-refractivity contribution in [3.05, 3.63) is 87.2 Å². The second-order valence-corrected chi connectivity index (χ2v) is 6.79. The number of hydrogen-bond acceptors (Lipinski definition) is 3. The van der Waals surface area contributed by atoms with E-state index in [4.69, 9.17) is 0 Å². The number of aromatic nitrogens is 1. The minimum absolute atomic E-state index is 0.543. The van der Waals surface area contributed by atoms with Crippen LogP contribution in [0.2, 0.25) is 0 Å². The largest absolute Gasteiger partial charge is 0.235 e. The van der Waals surface area contributed by atoms with E-state index in [0.29, 0.717) is 5.57 Å². The molecule has 24 heavy (non-hydrogen) atoms. The van der Waals surface area contributed by atoms with E-state index in [2.05, 4.69) is 27.0 Å². The van der Waals surface area contributed by atoms with Crippen molar-refractivity contribution in [1.82, 2.24) is 4.98 Å². The number of halogens is 1. The minimum atomic E-state index is 0.543. The first-order valence-corrected chi connectivity index (χ1v) is 8.99. The molecule has 0 saturated carbocycles. The number of allylic oxidation sites excluding steroid dienone is 3. The van der Waals surface area contributed by atoms with Crippen molar-refractivity contribution in [2.45, 2.75) is 0 Å². The average molecular weight is 393 g/mol. The van der Waals surface area contributed by atoms with E-state index in [0.717, 1.165) is 26.3 Å². The molecule has 0 spiro atoms. The fraction of sp³-hybridized carbons (Fsp3) is 0. The summed E-state index contributed by atoms with van der Waals surface area (Å²) >= 11 is 4.99. The summed E-state index contributed by atoms with van der Waals surface area (Å²) < 4.78 is 0.835. The Kier molecular flexibility index (Phi) is 5.37. The molecular formula is C20H13BrN2S. The molecule has 0 fully saturated rings. The van der Waals surface area contributed by atoms with E-state index in [1.807, 2.05) is 72.1 Å². The molecule has 2 aromatic carbocycles. The molecule has 0 aliphatic heterocycles. The van der Waals surface area contributed by atoms with Crippen LogP contribution < -0.4 is 0 Å². The molecular weight excluding hydrogens is 380 g/mol. The van der Waals surface area contributed by atoms with Crippen LogP contribution in [-0.2, 0) is 0 Å². The Labute approximate surface area is 153 Å². The van der Waals surface area contributed by atoms with Gasteiger partial charge in [0, 0.05) is 15.4 Å². The van der Waals surface area contributed by atoms with Gasteiger partial charge in [-0.15, -0.1) is 11.3 Å². The number of thiazole rings is 1. The molecule has 1 heterocycles. The lowest BCUT2D eigenvalue weighted by Gasteiger charge is -1.96. The first-order chi connectivity index (χ1) is 11.8. The zero-order valence-electron chi connectivity index (χ0n) is 12.7. The maximum Gasteiger partial charge on any atom is 0.134 e. The summed E-state index contributed by atoms with van der Waals surface area (Å²) in [7, 11) is 0. The highest BCUT2D eigenvalue weighted by Gasteiger charge is 2.09. The van der Waals surface area contributed by atoms with Crippen molar-refractivity contribution < 1.29 is 0 Å². The molecule has 116 valence electrons. The molecule has 0 radical (unpaired) electrons. The zero-order valence-corrected chi connectivity index (χ0v) is 15.1. The van der Waals surface area contributed by atoms with Crippen molar-refractivity contribution >= 4 is 38.9 Å². The van der Waals surface area contributed by atoms with Gasteiger partial charge >= 0.3 is 0 Å². The van der Waals surface area contributed by atoms with Gasteiger partial charge in [0.15, 0.2) is 0 Å². The van der Waals surface area contributed by atoms with E-state index in [1.165, 1.54) is 11.3 Å². The summed E-state index contributed by atoms with van der Waals surface area (Å²) in [5, 5.41) is 12.2. The lowest BCUT2D eigenvalue weighted by Crippen LogP contribution is -1.82. The maximum absolute atomic E-state index is 9.47.